The van der Waals surface area contributed by atoms with E-state index in [1.807, 2.05) is 0 Å². The van der Waals surface area contributed by atoms with Gasteiger partial charge >= 0.3 is 5.97 Å². The molecule has 18 heteroatoms. The fraction of sp³-hybridized carbons (Fsp3) is 0.629. The molecule has 5 rings (SSSR count). The smallest absolute Gasteiger partial charge is 0.306 e. The third-order valence-electron chi connectivity index (χ3n) is 9.85. The number of esters is 1. The van der Waals surface area contributed by atoms with Gasteiger partial charge in [-0.25, -0.2) is 0 Å². The second kappa shape index (κ2) is 17.4. The van der Waals surface area contributed by atoms with Crippen molar-refractivity contribution in [1.29, 1.82) is 0 Å². The predicted molar refractivity (Wildman–Crippen MR) is 176 cm³/mol. The van der Waals surface area contributed by atoms with Gasteiger partial charge in [-0.05, 0) is 68.5 Å². The van der Waals surface area contributed by atoms with E-state index in [9.17, 15) is 61.0 Å². The summed E-state index contributed by atoms with van der Waals surface area (Å²) in [6.45, 7) is 2.75. The Kier molecular flexibility index (Phi) is 13.4. The van der Waals surface area contributed by atoms with Crippen LogP contribution in [0.4, 0.5) is 0 Å². The number of phenolic OH excluding ortho intramolecular Hbond substituents is 4. The van der Waals surface area contributed by atoms with E-state index in [4.69, 9.17) is 28.4 Å². The average Bonchev–Trinajstić information content (AvgIpc) is 3.12. The molecular weight excluding hydrogens is 708 g/mol. The number of benzene rings is 2. The van der Waals surface area contributed by atoms with Crippen LogP contribution in [0.15, 0.2) is 36.4 Å². The molecule has 53 heavy (non-hydrogen) atoms. The van der Waals surface area contributed by atoms with Crippen molar-refractivity contribution in [1.82, 2.24) is 0 Å². The summed E-state index contributed by atoms with van der Waals surface area (Å²) in [4.78, 5) is 13.4. The largest absolute Gasteiger partial charge is 0.504 e. The molecule has 3 saturated heterocycles. The van der Waals surface area contributed by atoms with Gasteiger partial charge < -0.3 is 84.6 Å². The first-order chi connectivity index (χ1) is 25.0. The summed E-state index contributed by atoms with van der Waals surface area (Å²) >= 11 is 0. The van der Waals surface area contributed by atoms with Gasteiger partial charge in [-0.1, -0.05) is 12.1 Å². The van der Waals surface area contributed by atoms with Gasteiger partial charge in [-0.2, -0.15) is 0 Å². The lowest BCUT2D eigenvalue weighted by Gasteiger charge is -2.48. The molecule has 0 spiro atoms. The number of aliphatic hydroxyl groups excluding tert-OH is 7. The van der Waals surface area contributed by atoms with Crippen LogP contribution in [0.25, 0.3) is 0 Å². The van der Waals surface area contributed by atoms with E-state index in [1.165, 1.54) is 50.2 Å². The quantitative estimate of drug-likeness (QED) is 0.0856. The van der Waals surface area contributed by atoms with Crippen molar-refractivity contribution >= 4 is 5.97 Å². The van der Waals surface area contributed by atoms with Crippen LogP contribution >= 0.6 is 0 Å². The van der Waals surface area contributed by atoms with Gasteiger partial charge in [0, 0.05) is 12.3 Å². The maximum Gasteiger partial charge on any atom is 0.306 e. The van der Waals surface area contributed by atoms with E-state index < -0.39 is 104 Å². The summed E-state index contributed by atoms with van der Waals surface area (Å²) in [6.07, 6.45) is -21.6. The topological polar surface area (TPSA) is 295 Å². The molecule has 0 aliphatic carbocycles. The zero-order chi connectivity index (χ0) is 38.7. The van der Waals surface area contributed by atoms with Gasteiger partial charge in [0.05, 0.1) is 24.9 Å². The lowest BCUT2D eigenvalue weighted by molar-refractivity contribution is -0.394. The highest BCUT2D eigenvalue weighted by atomic mass is 16.8. The van der Waals surface area contributed by atoms with Crippen molar-refractivity contribution in [2.24, 2.45) is 5.92 Å². The molecule has 15 atom stereocenters. The first-order valence-electron chi connectivity index (χ1n) is 17.3. The number of rotatable bonds is 12. The van der Waals surface area contributed by atoms with Crippen LogP contribution in [-0.4, -0.2) is 155 Å². The maximum atomic E-state index is 13.4. The van der Waals surface area contributed by atoms with Crippen LogP contribution in [0, 0.1) is 5.92 Å². The molecule has 18 nitrogen and oxygen atoms in total. The maximum absolute atomic E-state index is 13.4. The second-order valence-corrected chi connectivity index (χ2v) is 13.7. The molecule has 296 valence electrons. The normalized spacial score (nSPS) is 37.6. The lowest BCUT2D eigenvalue weighted by Crippen LogP contribution is -2.63. The Morgan fingerprint density at radius 1 is 0.623 bits per heavy atom. The Bertz CT molecular complexity index is 1530. The number of aliphatic hydroxyl groups is 7. The SMILES string of the molecule is CC1OC(CC2C(O)C(OCCc3ccc(O)c(O)c3)OC(OC3OC(C)C(O)C(O)C3O)C2OC(=O)CCc2ccc(O)c(O)c2)C(O)C(O)C1O. The van der Waals surface area contributed by atoms with Crippen molar-refractivity contribution < 1.29 is 89.4 Å². The van der Waals surface area contributed by atoms with E-state index in [-0.39, 0.29) is 49.5 Å². The summed E-state index contributed by atoms with van der Waals surface area (Å²) in [5.74, 6) is -3.57. The summed E-state index contributed by atoms with van der Waals surface area (Å²) in [5.41, 5.74) is 1.02. The van der Waals surface area contributed by atoms with Crippen LogP contribution in [0.3, 0.4) is 0 Å². The summed E-state index contributed by atoms with van der Waals surface area (Å²) in [5, 5.41) is 114. The first kappa shape index (κ1) is 40.8. The van der Waals surface area contributed by atoms with Crippen LogP contribution in [0.5, 0.6) is 23.0 Å². The fourth-order valence-corrected chi connectivity index (χ4v) is 6.61. The minimum Gasteiger partial charge on any atom is -0.504 e. The highest BCUT2D eigenvalue weighted by molar-refractivity contribution is 5.70. The number of aromatic hydroxyl groups is 4. The van der Waals surface area contributed by atoms with E-state index >= 15 is 0 Å². The number of carbonyl (C=O) groups excluding carboxylic acids is 1. The molecule has 3 aliphatic rings. The Labute approximate surface area is 303 Å². The molecule has 3 fully saturated rings. The van der Waals surface area contributed by atoms with Gasteiger partial charge in [-0.3, -0.25) is 4.79 Å². The van der Waals surface area contributed by atoms with E-state index in [0.29, 0.717) is 11.1 Å². The Hall–Kier alpha value is -3.37. The Balaban J connectivity index is 1.43. The van der Waals surface area contributed by atoms with Gasteiger partial charge in [0.25, 0.3) is 0 Å². The van der Waals surface area contributed by atoms with Gasteiger partial charge in [0.15, 0.2) is 41.7 Å². The van der Waals surface area contributed by atoms with Crippen LogP contribution in [0.2, 0.25) is 0 Å². The number of hydrogen-bond acceptors (Lipinski definition) is 18. The monoisotopic (exact) mass is 756 g/mol. The Morgan fingerprint density at radius 3 is 1.79 bits per heavy atom. The molecule has 11 N–H and O–H groups in total. The lowest BCUT2D eigenvalue weighted by atomic mass is 9.83. The molecule has 0 amide bonds. The highest BCUT2D eigenvalue weighted by Gasteiger charge is 2.54. The fourth-order valence-electron chi connectivity index (χ4n) is 6.61. The van der Waals surface area contributed by atoms with E-state index in [0.717, 1.165) is 0 Å². The number of hydrogen-bond donors (Lipinski definition) is 11. The number of phenols is 4. The predicted octanol–water partition coefficient (Wildman–Crippen LogP) is -1.62. The molecule has 0 radical (unpaired) electrons. The number of carbonyl (C=O) groups is 1. The third-order valence-corrected chi connectivity index (χ3v) is 9.85. The average molecular weight is 757 g/mol. The molecule has 15 unspecified atom stereocenters. The minimum absolute atomic E-state index is 0.0373. The standard InChI is InChI=1S/C35H48O18/c1-14-25(41)29(45)28(44)23(49-14)13-18-27(43)33(48-10-9-17-4-7-20(37)22(39)12-17)52-35(53-34-31(47)30(46)26(42)15(2)50-34)32(18)51-24(40)8-5-16-3-6-19(36)21(38)11-16/h3-4,6-7,11-12,14-15,18,23,25-39,41-47H,5,8-10,13H2,1-2H3. The molecule has 2 aromatic carbocycles. The van der Waals surface area contributed by atoms with E-state index in [2.05, 4.69) is 0 Å². The van der Waals surface area contributed by atoms with Crippen molar-refractivity contribution in [2.75, 3.05) is 6.61 Å². The minimum atomic E-state index is -1.82. The van der Waals surface area contributed by atoms with Crippen molar-refractivity contribution in [3.8, 4) is 23.0 Å². The second-order valence-electron chi connectivity index (χ2n) is 13.7. The molecular formula is C35H48O18. The molecule has 0 bridgehead atoms. The van der Waals surface area contributed by atoms with Crippen molar-refractivity contribution in [2.45, 2.75) is 126 Å². The summed E-state index contributed by atoms with van der Waals surface area (Å²) in [6, 6.07) is 8.12. The molecule has 0 aromatic heterocycles. The third kappa shape index (κ3) is 9.48. The Morgan fingerprint density at radius 2 is 1.19 bits per heavy atom. The highest BCUT2D eigenvalue weighted by Crippen LogP contribution is 2.38. The molecule has 3 aliphatic heterocycles. The molecule has 3 heterocycles. The zero-order valence-corrected chi connectivity index (χ0v) is 28.9. The summed E-state index contributed by atoms with van der Waals surface area (Å²) in [7, 11) is 0. The van der Waals surface area contributed by atoms with Crippen molar-refractivity contribution in [3.63, 3.8) is 0 Å². The van der Waals surface area contributed by atoms with Crippen LogP contribution in [-0.2, 0) is 46.1 Å². The van der Waals surface area contributed by atoms with Crippen LogP contribution in [0.1, 0.15) is 37.8 Å². The van der Waals surface area contributed by atoms with Gasteiger partial charge in [0.2, 0.25) is 6.29 Å². The summed E-state index contributed by atoms with van der Waals surface area (Å²) < 4.78 is 35.1. The van der Waals surface area contributed by atoms with Gasteiger partial charge in [-0.15, -0.1) is 0 Å². The van der Waals surface area contributed by atoms with E-state index in [1.54, 1.807) is 0 Å². The first-order valence-corrected chi connectivity index (χ1v) is 17.3. The van der Waals surface area contributed by atoms with Gasteiger partial charge in [0.1, 0.15) is 42.7 Å². The van der Waals surface area contributed by atoms with Crippen LogP contribution < -0.4 is 0 Å². The number of ether oxygens (including phenoxy) is 6. The van der Waals surface area contributed by atoms with Crippen molar-refractivity contribution in [3.05, 3.63) is 47.5 Å². The molecule has 2 aromatic rings. The number of aryl methyl sites for hydroxylation is 1. The zero-order valence-electron chi connectivity index (χ0n) is 28.9. The molecule has 0 saturated carbocycles.